The Balaban J connectivity index is 1.55. The fourth-order valence-electron chi connectivity index (χ4n) is 6.67. The number of hydrogen-bond donors (Lipinski definition) is 0. The molecule has 0 N–H and O–H groups in total. The number of nitrogens with zero attached hydrogens (tertiary/aromatic N) is 4. The minimum atomic E-state index is -1.06. The van der Waals surface area contributed by atoms with Crippen LogP contribution in [-0.4, -0.2) is 58.1 Å². The molecule has 9 nitrogen and oxygen atoms in total. The van der Waals surface area contributed by atoms with Crippen LogP contribution in [0.3, 0.4) is 0 Å². The van der Waals surface area contributed by atoms with Gasteiger partial charge in [0, 0.05) is 41.5 Å². The molecule has 2 aromatic carbocycles. The standard InChI is InChI=1S/C39H43FN4O5/c1-9-21-47-39(8)17-19-43(20-18-39)36-33(35(37(45)46-11-3)49-38(5,6)7)24(4)41-32-23-29(42-44(32)36)27-14-12-13-26-28-22-25(40)15-16-31(28)48-30(10-2)34(26)27/h2,9,12-16,22-23,30,35H,1,11,17-21H2,3-8H3/t30-,35+/m1/s1. The Labute approximate surface area is 287 Å². The summed E-state index contributed by atoms with van der Waals surface area (Å²) in [6, 6.07) is 12.1. The Hall–Kier alpha value is -4.72. The maximum Gasteiger partial charge on any atom is 0.340 e. The van der Waals surface area contributed by atoms with Crippen molar-refractivity contribution in [2.24, 2.45) is 0 Å². The maximum atomic E-state index is 14.4. The van der Waals surface area contributed by atoms with Crippen LogP contribution in [0.5, 0.6) is 5.75 Å². The van der Waals surface area contributed by atoms with E-state index in [1.54, 1.807) is 23.6 Å². The van der Waals surface area contributed by atoms with Crippen LogP contribution in [0.15, 0.2) is 55.1 Å². The molecule has 2 aliphatic heterocycles. The van der Waals surface area contributed by atoms with E-state index in [-0.39, 0.29) is 18.0 Å². The summed E-state index contributed by atoms with van der Waals surface area (Å²) in [6.45, 7) is 17.2. The molecule has 2 aliphatic rings. The molecule has 0 amide bonds. The molecule has 1 fully saturated rings. The van der Waals surface area contributed by atoms with Gasteiger partial charge >= 0.3 is 5.97 Å². The van der Waals surface area contributed by atoms with E-state index in [9.17, 15) is 9.18 Å². The number of hydrogen-bond acceptors (Lipinski definition) is 8. The first-order valence-corrected chi connectivity index (χ1v) is 16.7. The molecule has 4 heterocycles. The molecule has 0 saturated carbocycles. The lowest BCUT2D eigenvalue weighted by atomic mass is 9.88. The number of aromatic nitrogens is 3. The van der Waals surface area contributed by atoms with Crippen molar-refractivity contribution < 1.29 is 28.1 Å². The molecule has 2 atom stereocenters. The molecule has 4 aromatic rings. The van der Waals surface area contributed by atoms with Crippen molar-refractivity contribution in [2.45, 2.75) is 77.8 Å². The number of carbonyl (C=O) groups excluding carboxylic acids is 1. The van der Waals surface area contributed by atoms with Gasteiger partial charge in [-0.15, -0.1) is 13.0 Å². The number of rotatable bonds is 9. The van der Waals surface area contributed by atoms with E-state index in [1.165, 1.54) is 12.1 Å². The molecule has 0 aliphatic carbocycles. The van der Waals surface area contributed by atoms with Crippen LogP contribution in [0.25, 0.3) is 28.0 Å². The lowest BCUT2D eigenvalue weighted by molar-refractivity contribution is -0.166. The minimum absolute atomic E-state index is 0.200. The van der Waals surface area contributed by atoms with Gasteiger partial charge in [-0.1, -0.05) is 30.2 Å². The number of aryl methyl sites for hydroxylation is 1. The summed E-state index contributed by atoms with van der Waals surface area (Å²) in [6.07, 6.45) is 7.48. The first-order chi connectivity index (χ1) is 23.4. The lowest BCUT2D eigenvalue weighted by Gasteiger charge is -2.41. The van der Waals surface area contributed by atoms with Gasteiger partial charge in [0.25, 0.3) is 0 Å². The summed E-state index contributed by atoms with van der Waals surface area (Å²) in [4.78, 5) is 20.8. The van der Waals surface area contributed by atoms with Gasteiger partial charge < -0.3 is 23.8 Å². The van der Waals surface area contributed by atoms with E-state index in [1.807, 2.05) is 52.0 Å². The monoisotopic (exact) mass is 666 g/mol. The predicted molar refractivity (Wildman–Crippen MR) is 187 cm³/mol. The number of benzene rings is 2. The number of halogens is 1. The van der Waals surface area contributed by atoms with Crippen LogP contribution >= 0.6 is 0 Å². The van der Waals surface area contributed by atoms with Gasteiger partial charge in [-0.25, -0.2) is 14.2 Å². The zero-order valence-corrected chi connectivity index (χ0v) is 29.0. The number of esters is 1. The van der Waals surface area contributed by atoms with Crippen molar-refractivity contribution in [1.82, 2.24) is 14.6 Å². The van der Waals surface area contributed by atoms with Crippen LogP contribution in [0.4, 0.5) is 10.2 Å². The summed E-state index contributed by atoms with van der Waals surface area (Å²) < 4.78 is 40.6. The van der Waals surface area contributed by atoms with Crippen molar-refractivity contribution in [1.29, 1.82) is 0 Å². The summed E-state index contributed by atoms with van der Waals surface area (Å²) in [5.41, 5.74) is 4.26. The Kier molecular flexibility index (Phi) is 9.27. The number of carbonyl (C=O) groups is 1. The number of fused-ring (bicyclic) bond motifs is 4. The van der Waals surface area contributed by atoms with Gasteiger partial charge in [0.05, 0.1) is 35.7 Å². The molecule has 2 aromatic heterocycles. The van der Waals surface area contributed by atoms with E-state index in [4.69, 9.17) is 35.5 Å². The summed E-state index contributed by atoms with van der Waals surface area (Å²) in [7, 11) is 0. The zero-order valence-electron chi connectivity index (χ0n) is 29.0. The number of piperidine rings is 1. The fraction of sp³-hybridized carbons (Fsp3) is 0.410. The highest BCUT2D eigenvalue weighted by Gasteiger charge is 2.39. The average molecular weight is 667 g/mol. The molecular weight excluding hydrogens is 623 g/mol. The molecule has 0 unspecified atom stereocenters. The first-order valence-electron chi connectivity index (χ1n) is 16.7. The molecular formula is C39H43FN4O5. The topological polar surface area (TPSA) is 87.4 Å². The van der Waals surface area contributed by atoms with Crippen molar-refractivity contribution in [2.75, 3.05) is 31.2 Å². The Morgan fingerprint density at radius 1 is 1.20 bits per heavy atom. The molecule has 1 saturated heterocycles. The van der Waals surface area contributed by atoms with Gasteiger partial charge in [0.2, 0.25) is 0 Å². The summed E-state index contributed by atoms with van der Waals surface area (Å²) in [5, 5.41) is 5.14. The van der Waals surface area contributed by atoms with Gasteiger partial charge in [-0.05, 0) is 78.1 Å². The minimum Gasteiger partial charge on any atom is -0.472 e. The molecule has 256 valence electrons. The van der Waals surface area contributed by atoms with Crippen molar-refractivity contribution >= 4 is 17.4 Å². The Bertz CT molecular complexity index is 1950. The van der Waals surface area contributed by atoms with Gasteiger partial charge in [0.1, 0.15) is 17.4 Å². The van der Waals surface area contributed by atoms with E-state index in [0.717, 1.165) is 29.5 Å². The summed E-state index contributed by atoms with van der Waals surface area (Å²) in [5.74, 6) is 3.11. The second-order valence-corrected chi connectivity index (χ2v) is 13.7. The fourth-order valence-corrected chi connectivity index (χ4v) is 6.67. The van der Waals surface area contributed by atoms with Gasteiger partial charge in [-0.3, -0.25) is 0 Å². The third kappa shape index (κ3) is 6.65. The maximum absolute atomic E-state index is 14.4. The van der Waals surface area contributed by atoms with Crippen LogP contribution < -0.4 is 9.64 Å². The number of anilines is 1. The van der Waals surface area contributed by atoms with Gasteiger partial charge in [0.15, 0.2) is 17.9 Å². The molecule has 6 rings (SSSR count). The van der Waals surface area contributed by atoms with Crippen molar-refractivity contribution in [3.63, 3.8) is 0 Å². The highest BCUT2D eigenvalue weighted by Crippen LogP contribution is 2.46. The molecule has 0 bridgehead atoms. The van der Waals surface area contributed by atoms with Crippen LogP contribution in [-0.2, 0) is 19.0 Å². The quantitative estimate of drug-likeness (QED) is 0.103. The zero-order chi connectivity index (χ0) is 35.1. The molecule has 49 heavy (non-hydrogen) atoms. The Morgan fingerprint density at radius 2 is 1.94 bits per heavy atom. The van der Waals surface area contributed by atoms with Crippen LogP contribution in [0, 0.1) is 25.1 Å². The number of ether oxygens (including phenoxy) is 4. The van der Waals surface area contributed by atoms with E-state index in [0.29, 0.717) is 59.4 Å². The van der Waals surface area contributed by atoms with Crippen molar-refractivity contribution in [3.05, 3.63) is 77.8 Å². The van der Waals surface area contributed by atoms with Crippen LogP contribution in [0.1, 0.15) is 76.5 Å². The average Bonchev–Trinajstić information content (AvgIpc) is 3.49. The largest absolute Gasteiger partial charge is 0.472 e. The van der Waals surface area contributed by atoms with E-state index in [2.05, 4.69) is 24.3 Å². The summed E-state index contributed by atoms with van der Waals surface area (Å²) >= 11 is 0. The first kappa shape index (κ1) is 34.2. The normalized spacial score (nSPS) is 17.4. The molecule has 10 heteroatoms. The smallest absolute Gasteiger partial charge is 0.340 e. The Morgan fingerprint density at radius 3 is 2.61 bits per heavy atom. The highest BCUT2D eigenvalue weighted by atomic mass is 19.1. The second kappa shape index (κ2) is 13.3. The highest BCUT2D eigenvalue weighted by molar-refractivity contribution is 5.85. The predicted octanol–water partition coefficient (Wildman–Crippen LogP) is 7.56. The number of terminal acetylenes is 1. The van der Waals surface area contributed by atoms with E-state index >= 15 is 0 Å². The second-order valence-electron chi connectivity index (χ2n) is 13.7. The third-order valence-electron chi connectivity index (χ3n) is 8.98. The molecule has 0 spiro atoms. The van der Waals surface area contributed by atoms with Crippen molar-refractivity contribution in [3.8, 4) is 40.5 Å². The third-order valence-corrected chi connectivity index (χ3v) is 8.98. The van der Waals surface area contributed by atoms with Gasteiger partial charge in [-0.2, -0.15) is 9.61 Å². The lowest BCUT2D eigenvalue weighted by Crippen LogP contribution is -2.45. The van der Waals surface area contributed by atoms with Crippen LogP contribution in [0.2, 0.25) is 0 Å². The molecule has 0 radical (unpaired) electrons. The van der Waals surface area contributed by atoms with E-state index < -0.39 is 23.8 Å². The SMILES string of the molecule is C#C[C@H]1Oc2ccc(F)cc2-c2cccc(-c3cc4nc(C)c([C@H](OC(C)(C)C)C(=O)OCC)c(N5CCC(C)(OCC=C)CC5)n4n3)c21.